The molecule has 0 saturated carbocycles. The molecule has 0 heterocycles. The first-order valence-electron chi connectivity index (χ1n) is 6.81. The van der Waals surface area contributed by atoms with Gasteiger partial charge < -0.3 is 20.5 Å². The topological polar surface area (TPSA) is 73.6 Å². The third kappa shape index (κ3) is 5.09. The van der Waals surface area contributed by atoms with E-state index in [2.05, 4.69) is 5.32 Å². The number of amides is 1. The van der Waals surface area contributed by atoms with Gasteiger partial charge >= 0.3 is 0 Å². The van der Waals surface area contributed by atoms with Gasteiger partial charge in [0.05, 0.1) is 20.6 Å². The second-order valence-electron chi connectivity index (χ2n) is 4.77. The SMILES string of the molecule is COc1ccc(CC(=O)NC(C)CCCN)cc1OC. The van der Waals surface area contributed by atoms with Crippen LogP contribution in [0.15, 0.2) is 18.2 Å². The Morgan fingerprint density at radius 1 is 1.30 bits per heavy atom. The Morgan fingerprint density at radius 2 is 2.00 bits per heavy atom. The minimum atomic E-state index is 0.00161. The van der Waals surface area contributed by atoms with E-state index in [9.17, 15) is 4.79 Å². The number of rotatable bonds is 8. The van der Waals surface area contributed by atoms with E-state index in [1.54, 1.807) is 20.3 Å². The smallest absolute Gasteiger partial charge is 0.224 e. The van der Waals surface area contributed by atoms with Crippen molar-refractivity contribution in [2.45, 2.75) is 32.2 Å². The third-order valence-electron chi connectivity index (χ3n) is 3.06. The molecule has 0 aromatic heterocycles. The fourth-order valence-corrected chi connectivity index (χ4v) is 2.00. The zero-order valence-electron chi connectivity index (χ0n) is 12.4. The van der Waals surface area contributed by atoms with E-state index in [1.807, 2.05) is 19.1 Å². The second kappa shape index (κ2) is 8.43. The van der Waals surface area contributed by atoms with Crippen LogP contribution in [0.2, 0.25) is 0 Å². The standard InChI is InChI=1S/C15H24N2O3/c1-11(5-4-8-16)17-15(18)10-12-6-7-13(19-2)14(9-12)20-3/h6-7,9,11H,4-5,8,10,16H2,1-3H3,(H,17,18). The van der Waals surface area contributed by atoms with Crippen molar-refractivity contribution in [1.82, 2.24) is 5.32 Å². The van der Waals surface area contributed by atoms with E-state index < -0.39 is 0 Å². The molecule has 5 nitrogen and oxygen atoms in total. The van der Waals surface area contributed by atoms with Crippen LogP contribution in [0.5, 0.6) is 11.5 Å². The van der Waals surface area contributed by atoms with Crippen LogP contribution < -0.4 is 20.5 Å². The lowest BCUT2D eigenvalue weighted by Crippen LogP contribution is -2.34. The van der Waals surface area contributed by atoms with Crippen molar-refractivity contribution in [2.24, 2.45) is 5.73 Å². The molecule has 1 rings (SSSR count). The summed E-state index contributed by atoms with van der Waals surface area (Å²) < 4.78 is 10.4. The third-order valence-corrected chi connectivity index (χ3v) is 3.06. The Bertz CT molecular complexity index is 435. The number of hydrogen-bond donors (Lipinski definition) is 2. The summed E-state index contributed by atoms with van der Waals surface area (Å²) in [5.41, 5.74) is 6.35. The maximum Gasteiger partial charge on any atom is 0.224 e. The van der Waals surface area contributed by atoms with Crippen LogP contribution in [-0.4, -0.2) is 32.7 Å². The van der Waals surface area contributed by atoms with E-state index in [-0.39, 0.29) is 11.9 Å². The Balaban J connectivity index is 2.57. The highest BCUT2D eigenvalue weighted by Gasteiger charge is 2.10. The number of hydrogen-bond acceptors (Lipinski definition) is 4. The first kappa shape index (κ1) is 16.3. The van der Waals surface area contributed by atoms with Crippen LogP contribution in [0.4, 0.5) is 0 Å². The molecular formula is C15H24N2O3. The molecule has 5 heteroatoms. The Kier molecular flexibility index (Phi) is 6.87. The molecule has 0 aliphatic rings. The summed E-state index contributed by atoms with van der Waals surface area (Å²) in [5.74, 6) is 1.30. The van der Waals surface area contributed by atoms with Gasteiger partial charge in [-0.15, -0.1) is 0 Å². The van der Waals surface area contributed by atoms with E-state index in [1.165, 1.54) is 0 Å². The van der Waals surface area contributed by atoms with Gasteiger partial charge in [0.1, 0.15) is 0 Å². The van der Waals surface area contributed by atoms with Crippen molar-refractivity contribution in [3.05, 3.63) is 23.8 Å². The molecule has 0 saturated heterocycles. The van der Waals surface area contributed by atoms with Crippen molar-refractivity contribution >= 4 is 5.91 Å². The molecular weight excluding hydrogens is 256 g/mol. The van der Waals surface area contributed by atoms with Gasteiger partial charge in [-0.25, -0.2) is 0 Å². The van der Waals surface area contributed by atoms with Crippen LogP contribution in [0, 0.1) is 0 Å². The molecule has 1 aromatic carbocycles. The molecule has 1 amide bonds. The maximum absolute atomic E-state index is 11.9. The van der Waals surface area contributed by atoms with E-state index in [0.29, 0.717) is 24.5 Å². The average Bonchev–Trinajstić information content (AvgIpc) is 2.44. The zero-order valence-corrected chi connectivity index (χ0v) is 12.4. The molecule has 0 bridgehead atoms. The first-order valence-corrected chi connectivity index (χ1v) is 6.81. The van der Waals surface area contributed by atoms with Gasteiger partial charge in [0, 0.05) is 6.04 Å². The molecule has 20 heavy (non-hydrogen) atoms. The van der Waals surface area contributed by atoms with Crippen molar-refractivity contribution in [3.8, 4) is 11.5 Å². The van der Waals surface area contributed by atoms with Gasteiger partial charge in [0.15, 0.2) is 11.5 Å². The molecule has 0 aliphatic carbocycles. The summed E-state index contributed by atoms with van der Waals surface area (Å²) in [6.45, 7) is 2.64. The minimum absolute atomic E-state index is 0.00161. The predicted molar refractivity (Wildman–Crippen MR) is 79.1 cm³/mol. The molecule has 0 radical (unpaired) electrons. The molecule has 0 aliphatic heterocycles. The van der Waals surface area contributed by atoms with E-state index in [4.69, 9.17) is 15.2 Å². The number of nitrogens with one attached hydrogen (secondary N) is 1. The Hall–Kier alpha value is -1.75. The van der Waals surface area contributed by atoms with Crippen molar-refractivity contribution in [2.75, 3.05) is 20.8 Å². The number of carbonyl (C=O) groups is 1. The summed E-state index contributed by atoms with van der Waals surface area (Å²) in [7, 11) is 3.17. The number of methoxy groups -OCH3 is 2. The van der Waals surface area contributed by atoms with E-state index in [0.717, 1.165) is 18.4 Å². The van der Waals surface area contributed by atoms with Gasteiger partial charge in [-0.3, -0.25) is 4.79 Å². The highest BCUT2D eigenvalue weighted by molar-refractivity contribution is 5.79. The lowest BCUT2D eigenvalue weighted by Gasteiger charge is -2.14. The van der Waals surface area contributed by atoms with Gasteiger partial charge in [-0.05, 0) is 44.0 Å². The van der Waals surface area contributed by atoms with Crippen molar-refractivity contribution in [1.29, 1.82) is 0 Å². The summed E-state index contributed by atoms with van der Waals surface area (Å²) in [6, 6.07) is 5.64. The highest BCUT2D eigenvalue weighted by Crippen LogP contribution is 2.27. The predicted octanol–water partition coefficient (Wildman–Crippen LogP) is 1.49. The molecule has 0 spiro atoms. The largest absolute Gasteiger partial charge is 0.493 e. The first-order chi connectivity index (χ1) is 9.60. The molecule has 1 atom stereocenters. The van der Waals surface area contributed by atoms with Crippen molar-refractivity contribution in [3.63, 3.8) is 0 Å². The normalized spacial score (nSPS) is 11.8. The fraction of sp³-hybridized carbons (Fsp3) is 0.533. The molecule has 1 unspecified atom stereocenters. The maximum atomic E-state index is 11.9. The minimum Gasteiger partial charge on any atom is -0.493 e. The lowest BCUT2D eigenvalue weighted by molar-refractivity contribution is -0.121. The number of benzene rings is 1. The van der Waals surface area contributed by atoms with Gasteiger partial charge in [0.2, 0.25) is 5.91 Å². The van der Waals surface area contributed by atoms with Crippen LogP contribution >= 0.6 is 0 Å². The van der Waals surface area contributed by atoms with E-state index >= 15 is 0 Å². The Morgan fingerprint density at radius 3 is 2.60 bits per heavy atom. The molecule has 112 valence electrons. The molecule has 0 fully saturated rings. The van der Waals surface area contributed by atoms with Gasteiger partial charge in [0.25, 0.3) is 0 Å². The average molecular weight is 280 g/mol. The summed E-state index contributed by atoms with van der Waals surface area (Å²) in [6.07, 6.45) is 2.14. The molecule has 1 aromatic rings. The lowest BCUT2D eigenvalue weighted by atomic mass is 10.1. The number of ether oxygens (including phenoxy) is 2. The second-order valence-corrected chi connectivity index (χ2v) is 4.77. The van der Waals surface area contributed by atoms with Crippen LogP contribution in [0.3, 0.4) is 0 Å². The van der Waals surface area contributed by atoms with Gasteiger partial charge in [-0.2, -0.15) is 0 Å². The van der Waals surface area contributed by atoms with Crippen LogP contribution in [0.25, 0.3) is 0 Å². The fourth-order valence-electron chi connectivity index (χ4n) is 2.00. The Labute approximate surface area is 120 Å². The van der Waals surface area contributed by atoms with Crippen LogP contribution in [0.1, 0.15) is 25.3 Å². The highest BCUT2D eigenvalue weighted by atomic mass is 16.5. The van der Waals surface area contributed by atoms with Gasteiger partial charge in [-0.1, -0.05) is 6.07 Å². The summed E-state index contributed by atoms with van der Waals surface area (Å²) in [4.78, 5) is 11.9. The summed E-state index contributed by atoms with van der Waals surface area (Å²) in [5, 5.41) is 2.96. The monoisotopic (exact) mass is 280 g/mol. The number of nitrogens with two attached hydrogens (primary N) is 1. The van der Waals surface area contributed by atoms with Crippen LogP contribution in [-0.2, 0) is 11.2 Å². The quantitative estimate of drug-likeness (QED) is 0.756. The number of carbonyl (C=O) groups excluding carboxylic acids is 1. The zero-order chi connectivity index (χ0) is 15.0. The summed E-state index contributed by atoms with van der Waals surface area (Å²) >= 11 is 0. The van der Waals surface area contributed by atoms with Crippen molar-refractivity contribution < 1.29 is 14.3 Å². The molecule has 3 N–H and O–H groups in total.